The van der Waals surface area contributed by atoms with E-state index < -0.39 is 0 Å². The maximum absolute atomic E-state index is 4.36. The fourth-order valence-corrected chi connectivity index (χ4v) is 2.56. The number of aryl methyl sites for hydroxylation is 1. The third-order valence-electron chi connectivity index (χ3n) is 3.62. The van der Waals surface area contributed by atoms with Crippen molar-refractivity contribution in [3.8, 4) is 0 Å². The monoisotopic (exact) mass is 206 g/mol. The van der Waals surface area contributed by atoms with Crippen LogP contribution in [0.2, 0.25) is 0 Å². The molecule has 1 aromatic heterocycles. The molecule has 0 bridgehead atoms. The SMILES string of the molecule is Cc1nnc(C2NCCC2C)n1C1CC1. The van der Waals surface area contributed by atoms with Gasteiger partial charge in [-0.05, 0) is 38.6 Å². The van der Waals surface area contributed by atoms with Crippen molar-refractivity contribution in [2.24, 2.45) is 5.92 Å². The van der Waals surface area contributed by atoms with Crippen molar-refractivity contribution in [3.63, 3.8) is 0 Å². The van der Waals surface area contributed by atoms with Crippen LogP contribution in [0.4, 0.5) is 0 Å². The van der Waals surface area contributed by atoms with Gasteiger partial charge in [-0.25, -0.2) is 0 Å². The summed E-state index contributed by atoms with van der Waals surface area (Å²) < 4.78 is 2.35. The summed E-state index contributed by atoms with van der Waals surface area (Å²) in [6.07, 6.45) is 3.85. The molecule has 2 atom stereocenters. The summed E-state index contributed by atoms with van der Waals surface area (Å²) in [4.78, 5) is 0. The molecule has 2 unspecified atom stereocenters. The Morgan fingerprint density at radius 2 is 2.07 bits per heavy atom. The van der Waals surface area contributed by atoms with E-state index in [2.05, 4.69) is 33.9 Å². The van der Waals surface area contributed by atoms with Gasteiger partial charge in [-0.2, -0.15) is 0 Å². The minimum atomic E-state index is 0.423. The smallest absolute Gasteiger partial charge is 0.150 e. The minimum Gasteiger partial charge on any atom is -0.311 e. The molecular formula is C11H18N4. The van der Waals surface area contributed by atoms with Crippen molar-refractivity contribution in [2.75, 3.05) is 6.54 Å². The molecule has 1 aliphatic carbocycles. The predicted octanol–water partition coefficient (Wildman–Crippen LogP) is 1.59. The van der Waals surface area contributed by atoms with Crippen LogP contribution in [0.3, 0.4) is 0 Å². The highest BCUT2D eigenvalue weighted by Gasteiger charge is 2.34. The predicted molar refractivity (Wildman–Crippen MR) is 57.6 cm³/mol. The average Bonchev–Trinajstić information content (AvgIpc) is 2.85. The molecular weight excluding hydrogens is 188 g/mol. The summed E-state index contributed by atoms with van der Waals surface area (Å²) in [7, 11) is 0. The van der Waals surface area contributed by atoms with E-state index >= 15 is 0 Å². The maximum Gasteiger partial charge on any atom is 0.150 e. The summed E-state index contributed by atoms with van der Waals surface area (Å²) in [5.41, 5.74) is 0. The molecule has 0 spiro atoms. The van der Waals surface area contributed by atoms with E-state index in [0.717, 1.165) is 12.4 Å². The summed E-state index contributed by atoms with van der Waals surface area (Å²) >= 11 is 0. The van der Waals surface area contributed by atoms with Gasteiger partial charge < -0.3 is 9.88 Å². The molecule has 82 valence electrons. The van der Waals surface area contributed by atoms with E-state index in [1.54, 1.807) is 0 Å². The van der Waals surface area contributed by atoms with Crippen molar-refractivity contribution < 1.29 is 0 Å². The highest BCUT2D eigenvalue weighted by atomic mass is 15.3. The van der Waals surface area contributed by atoms with Crippen LogP contribution in [0.25, 0.3) is 0 Å². The van der Waals surface area contributed by atoms with Gasteiger partial charge in [-0.15, -0.1) is 10.2 Å². The molecule has 1 saturated heterocycles. The first-order chi connectivity index (χ1) is 7.27. The lowest BCUT2D eigenvalue weighted by Gasteiger charge is -2.16. The average molecular weight is 206 g/mol. The largest absolute Gasteiger partial charge is 0.311 e. The molecule has 0 amide bonds. The van der Waals surface area contributed by atoms with Gasteiger partial charge in [0, 0.05) is 6.04 Å². The number of aromatic nitrogens is 3. The first-order valence-corrected chi connectivity index (χ1v) is 5.92. The molecule has 1 N–H and O–H groups in total. The number of nitrogens with zero attached hydrogens (tertiary/aromatic N) is 3. The van der Waals surface area contributed by atoms with E-state index in [1.807, 2.05) is 0 Å². The third-order valence-corrected chi connectivity index (χ3v) is 3.62. The molecule has 3 rings (SSSR count). The fraction of sp³-hybridized carbons (Fsp3) is 0.818. The van der Waals surface area contributed by atoms with Crippen LogP contribution in [-0.4, -0.2) is 21.3 Å². The fourth-order valence-electron chi connectivity index (χ4n) is 2.56. The highest BCUT2D eigenvalue weighted by molar-refractivity contribution is 5.08. The van der Waals surface area contributed by atoms with Gasteiger partial charge in [0.05, 0.1) is 6.04 Å². The highest BCUT2D eigenvalue weighted by Crippen LogP contribution is 2.39. The Kier molecular flexibility index (Phi) is 2.06. The number of nitrogens with one attached hydrogen (secondary N) is 1. The normalized spacial score (nSPS) is 31.1. The molecule has 2 fully saturated rings. The molecule has 1 aromatic rings. The van der Waals surface area contributed by atoms with Gasteiger partial charge in [0.15, 0.2) is 5.82 Å². The standard InChI is InChI=1S/C11H18N4/c1-7-5-6-12-10(7)11-14-13-8(2)15(11)9-3-4-9/h7,9-10,12H,3-6H2,1-2H3. The van der Waals surface area contributed by atoms with Crippen LogP contribution >= 0.6 is 0 Å². The van der Waals surface area contributed by atoms with E-state index in [-0.39, 0.29) is 0 Å². The van der Waals surface area contributed by atoms with Crippen molar-refractivity contribution in [3.05, 3.63) is 11.6 Å². The number of hydrogen-bond acceptors (Lipinski definition) is 3. The van der Waals surface area contributed by atoms with Crippen LogP contribution in [0.5, 0.6) is 0 Å². The second-order valence-electron chi connectivity index (χ2n) is 4.90. The van der Waals surface area contributed by atoms with Crippen LogP contribution in [0, 0.1) is 12.8 Å². The van der Waals surface area contributed by atoms with Crippen molar-refractivity contribution in [2.45, 2.75) is 45.2 Å². The molecule has 0 aromatic carbocycles. The molecule has 1 aliphatic heterocycles. The second-order valence-corrected chi connectivity index (χ2v) is 4.90. The first-order valence-electron chi connectivity index (χ1n) is 5.92. The van der Waals surface area contributed by atoms with Crippen molar-refractivity contribution in [1.29, 1.82) is 0 Å². The zero-order valence-corrected chi connectivity index (χ0v) is 9.40. The Morgan fingerprint density at radius 3 is 2.67 bits per heavy atom. The van der Waals surface area contributed by atoms with Crippen LogP contribution in [0.1, 0.15) is 49.9 Å². The Balaban J connectivity index is 1.96. The zero-order valence-electron chi connectivity index (χ0n) is 9.40. The lowest BCUT2D eigenvalue weighted by atomic mass is 10.0. The zero-order chi connectivity index (χ0) is 10.4. The van der Waals surface area contributed by atoms with E-state index in [1.165, 1.54) is 25.1 Å². The van der Waals surface area contributed by atoms with Gasteiger partial charge in [0.25, 0.3) is 0 Å². The Hall–Kier alpha value is -0.900. The second kappa shape index (κ2) is 3.30. The topological polar surface area (TPSA) is 42.7 Å². The van der Waals surface area contributed by atoms with E-state index in [0.29, 0.717) is 18.0 Å². The maximum atomic E-state index is 4.36. The molecule has 2 aliphatic rings. The Bertz CT molecular complexity index is 367. The van der Waals surface area contributed by atoms with Crippen LogP contribution in [-0.2, 0) is 0 Å². The lowest BCUT2D eigenvalue weighted by Crippen LogP contribution is -2.21. The summed E-state index contributed by atoms with van der Waals surface area (Å²) in [5, 5.41) is 12.1. The van der Waals surface area contributed by atoms with Gasteiger partial charge >= 0.3 is 0 Å². The summed E-state index contributed by atoms with van der Waals surface area (Å²) in [6.45, 7) is 5.47. The summed E-state index contributed by atoms with van der Waals surface area (Å²) in [5.74, 6) is 2.93. The van der Waals surface area contributed by atoms with Crippen LogP contribution < -0.4 is 5.32 Å². The van der Waals surface area contributed by atoms with Gasteiger partial charge in [0.2, 0.25) is 0 Å². The Labute approximate surface area is 90.1 Å². The van der Waals surface area contributed by atoms with Crippen molar-refractivity contribution >= 4 is 0 Å². The van der Waals surface area contributed by atoms with Crippen molar-refractivity contribution in [1.82, 2.24) is 20.1 Å². The van der Waals surface area contributed by atoms with Gasteiger partial charge in [-0.1, -0.05) is 6.92 Å². The minimum absolute atomic E-state index is 0.423. The van der Waals surface area contributed by atoms with E-state index in [4.69, 9.17) is 0 Å². The lowest BCUT2D eigenvalue weighted by molar-refractivity contribution is 0.454. The first kappa shape index (κ1) is 9.33. The van der Waals surface area contributed by atoms with Gasteiger partial charge in [-0.3, -0.25) is 0 Å². The molecule has 4 nitrogen and oxygen atoms in total. The molecule has 4 heteroatoms. The molecule has 2 heterocycles. The third kappa shape index (κ3) is 1.47. The van der Waals surface area contributed by atoms with Crippen LogP contribution in [0.15, 0.2) is 0 Å². The number of rotatable bonds is 2. The number of hydrogen-bond donors (Lipinski definition) is 1. The quantitative estimate of drug-likeness (QED) is 0.799. The Morgan fingerprint density at radius 1 is 1.27 bits per heavy atom. The summed E-state index contributed by atoms with van der Waals surface area (Å²) in [6, 6.07) is 1.11. The molecule has 15 heavy (non-hydrogen) atoms. The molecule has 1 saturated carbocycles. The van der Waals surface area contributed by atoms with Gasteiger partial charge in [0.1, 0.15) is 5.82 Å². The van der Waals surface area contributed by atoms with E-state index in [9.17, 15) is 0 Å². The molecule has 0 radical (unpaired) electrons.